The molecule has 1 saturated heterocycles. The van der Waals surface area contributed by atoms with Crippen LogP contribution in [-0.4, -0.2) is 54.9 Å². The van der Waals surface area contributed by atoms with Gasteiger partial charge in [0, 0.05) is 54.8 Å². The quantitative estimate of drug-likeness (QED) is 0.584. The van der Waals surface area contributed by atoms with Crippen LogP contribution in [0.3, 0.4) is 0 Å². The molecule has 0 bridgehead atoms. The molecule has 26 heavy (non-hydrogen) atoms. The van der Waals surface area contributed by atoms with Crippen molar-refractivity contribution in [1.82, 2.24) is 14.9 Å². The van der Waals surface area contributed by atoms with Gasteiger partial charge in [-0.1, -0.05) is 23.4 Å². The van der Waals surface area contributed by atoms with E-state index in [9.17, 15) is 0 Å². The van der Waals surface area contributed by atoms with Crippen molar-refractivity contribution >= 4 is 29.2 Å². The maximum absolute atomic E-state index is 6.37. The monoisotopic (exact) mass is 392 g/mol. The van der Waals surface area contributed by atoms with E-state index in [1.54, 1.807) is 11.8 Å². The number of anilines is 1. The lowest BCUT2D eigenvalue weighted by atomic mass is 10.2. The van der Waals surface area contributed by atoms with E-state index in [-0.39, 0.29) is 6.79 Å². The molecular formula is C18H21ClN4O2S. The molecule has 1 aromatic heterocycles. The van der Waals surface area contributed by atoms with Crippen LogP contribution in [0, 0.1) is 6.92 Å². The summed E-state index contributed by atoms with van der Waals surface area (Å²) >= 11 is 7.96. The Morgan fingerprint density at radius 3 is 2.58 bits per heavy atom. The van der Waals surface area contributed by atoms with Gasteiger partial charge < -0.3 is 19.3 Å². The number of aromatic nitrogens is 2. The second kappa shape index (κ2) is 7.50. The molecular weight excluding hydrogens is 372 g/mol. The Kier molecular flexibility index (Phi) is 5.11. The van der Waals surface area contributed by atoms with Gasteiger partial charge in [0.05, 0.1) is 0 Å². The molecule has 0 N–H and O–H groups in total. The fourth-order valence-electron chi connectivity index (χ4n) is 3.00. The maximum atomic E-state index is 6.37. The molecule has 0 aliphatic carbocycles. The highest BCUT2D eigenvalue weighted by molar-refractivity contribution is 7.98. The fraction of sp³-hybridized carbons (Fsp3) is 0.444. The van der Waals surface area contributed by atoms with Gasteiger partial charge in [-0.25, -0.2) is 9.97 Å². The van der Waals surface area contributed by atoms with E-state index in [2.05, 4.69) is 27.9 Å². The van der Waals surface area contributed by atoms with Crippen LogP contribution < -0.4 is 14.4 Å². The molecule has 6 nitrogen and oxygen atoms in total. The smallest absolute Gasteiger partial charge is 0.231 e. The summed E-state index contributed by atoms with van der Waals surface area (Å²) in [5, 5.41) is 1.45. The number of nitrogens with zero attached hydrogens (tertiary/aromatic N) is 4. The number of benzene rings is 1. The second-order valence-electron chi connectivity index (χ2n) is 6.53. The van der Waals surface area contributed by atoms with Crippen molar-refractivity contribution in [2.24, 2.45) is 0 Å². The van der Waals surface area contributed by atoms with Gasteiger partial charge in [0.2, 0.25) is 6.79 Å². The molecule has 2 aliphatic rings. The van der Waals surface area contributed by atoms with Crippen molar-refractivity contribution in [2.75, 3.05) is 44.9 Å². The van der Waals surface area contributed by atoms with Crippen LogP contribution in [0.4, 0.5) is 5.82 Å². The molecule has 3 heterocycles. The number of hydrogen-bond acceptors (Lipinski definition) is 7. The molecule has 0 amide bonds. The van der Waals surface area contributed by atoms with Crippen LogP contribution in [0.2, 0.25) is 5.02 Å². The molecule has 0 saturated carbocycles. The molecule has 2 aromatic rings. The molecule has 2 aliphatic heterocycles. The molecule has 138 valence electrons. The number of ether oxygens (including phenoxy) is 2. The summed E-state index contributed by atoms with van der Waals surface area (Å²) in [6, 6.07) is 5.81. The number of rotatable bonds is 4. The van der Waals surface area contributed by atoms with Crippen LogP contribution in [0.5, 0.6) is 11.5 Å². The van der Waals surface area contributed by atoms with Crippen LogP contribution in [0.25, 0.3) is 0 Å². The minimum atomic E-state index is 0.248. The van der Waals surface area contributed by atoms with E-state index in [4.69, 9.17) is 26.1 Å². The Balaban J connectivity index is 1.48. The van der Waals surface area contributed by atoms with Crippen LogP contribution >= 0.6 is 23.4 Å². The third-order valence-corrected chi connectivity index (χ3v) is 5.79. The lowest BCUT2D eigenvalue weighted by molar-refractivity contribution is 0.174. The number of hydrogen-bond donors (Lipinski definition) is 0. The summed E-state index contributed by atoms with van der Waals surface area (Å²) in [5.41, 5.74) is 1.97. The predicted molar refractivity (Wildman–Crippen MR) is 104 cm³/mol. The summed E-state index contributed by atoms with van der Waals surface area (Å²) < 4.78 is 10.8. The molecule has 1 fully saturated rings. The molecule has 4 rings (SSSR count). The first kappa shape index (κ1) is 17.7. The molecule has 8 heteroatoms. The van der Waals surface area contributed by atoms with Crippen molar-refractivity contribution < 1.29 is 9.47 Å². The van der Waals surface area contributed by atoms with Crippen molar-refractivity contribution in [3.8, 4) is 11.5 Å². The van der Waals surface area contributed by atoms with Crippen molar-refractivity contribution in [3.63, 3.8) is 0 Å². The van der Waals surface area contributed by atoms with Gasteiger partial charge in [0.1, 0.15) is 5.82 Å². The molecule has 0 atom stereocenters. The zero-order valence-electron chi connectivity index (χ0n) is 14.9. The highest BCUT2D eigenvalue weighted by atomic mass is 35.5. The van der Waals surface area contributed by atoms with Gasteiger partial charge in [-0.2, -0.15) is 0 Å². The minimum absolute atomic E-state index is 0.248. The first-order chi connectivity index (χ1) is 12.6. The zero-order chi connectivity index (χ0) is 18.1. The highest BCUT2D eigenvalue weighted by Crippen LogP contribution is 2.38. The van der Waals surface area contributed by atoms with E-state index in [1.807, 2.05) is 19.1 Å². The molecule has 0 spiro atoms. The molecule has 0 unspecified atom stereocenters. The van der Waals surface area contributed by atoms with Crippen LogP contribution in [-0.2, 0) is 5.75 Å². The van der Waals surface area contributed by atoms with Crippen LogP contribution in [0.15, 0.2) is 23.4 Å². The van der Waals surface area contributed by atoms with E-state index in [1.165, 1.54) is 0 Å². The van der Waals surface area contributed by atoms with Gasteiger partial charge in [-0.3, -0.25) is 0 Å². The number of likely N-dealkylation sites (N-methyl/N-ethyl adjacent to an activating group) is 1. The Morgan fingerprint density at radius 2 is 1.81 bits per heavy atom. The van der Waals surface area contributed by atoms with Crippen molar-refractivity contribution in [1.29, 1.82) is 0 Å². The Morgan fingerprint density at radius 1 is 1.08 bits per heavy atom. The standard InChI is InChI=1S/C18H21ClN4O2S/c1-12-7-17(23-5-3-22(2)4-6-23)21-18(20-12)26-10-13-8-15-16(9-14(13)19)25-11-24-15/h7-9H,3-6,10-11H2,1-2H3. The van der Waals surface area contributed by atoms with Gasteiger partial charge in [0.15, 0.2) is 16.7 Å². The zero-order valence-corrected chi connectivity index (χ0v) is 16.4. The third-order valence-electron chi connectivity index (χ3n) is 4.55. The van der Waals surface area contributed by atoms with E-state index in [0.717, 1.165) is 54.2 Å². The summed E-state index contributed by atoms with van der Waals surface area (Å²) in [6.45, 7) is 6.35. The van der Waals surface area contributed by atoms with E-state index >= 15 is 0 Å². The first-order valence-electron chi connectivity index (χ1n) is 8.58. The van der Waals surface area contributed by atoms with Crippen molar-refractivity contribution in [3.05, 3.63) is 34.5 Å². The summed E-state index contributed by atoms with van der Waals surface area (Å²) in [4.78, 5) is 14.0. The third kappa shape index (κ3) is 3.84. The molecule has 0 radical (unpaired) electrons. The predicted octanol–water partition coefficient (Wildman–Crippen LogP) is 3.21. The summed E-state index contributed by atoms with van der Waals surface area (Å²) in [7, 11) is 2.15. The largest absolute Gasteiger partial charge is 0.454 e. The van der Waals surface area contributed by atoms with Gasteiger partial charge in [0.25, 0.3) is 0 Å². The number of thioether (sulfide) groups is 1. The van der Waals surface area contributed by atoms with Gasteiger partial charge in [-0.05, 0) is 25.6 Å². The molecule has 1 aromatic carbocycles. The van der Waals surface area contributed by atoms with Crippen molar-refractivity contribution in [2.45, 2.75) is 17.8 Å². The topological polar surface area (TPSA) is 50.7 Å². The first-order valence-corrected chi connectivity index (χ1v) is 9.95. The van der Waals surface area contributed by atoms with E-state index < -0.39 is 0 Å². The maximum Gasteiger partial charge on any atom is 0.231 e. The Hall–Kier alpha value is -1.70. The summed E-state index contributed by atoms with van der Waals surface area (Å²) in [5.74, 6) is 3.13. The average Bonchev–Trinajstić information content (AvgIpc) is 3.07. The number of piperazine rings is 1. The lowest BCUT2D eigenvalue weighted by Gasteiger charge is -2.33. The Labute approximate surface area is 162 Å². The normalized spacial score (nSPS) is 17.0. The number of halogens is 1. The van der Waals surface area contributed by atoms with Gasteiger partial charge in [-0.15, -0.1) is 0 Å². The number of fused-ring (bicyclic) bond motifs is 1. The number of aryl methyl sites for hydroxylation is 1. The second-order valence-corrected chi connectivity index (χ2v) is 7.88. The van der Waals surface area contributed by atoms with E-state index in [0.29, 0.717) is 16.5 Å². The fourth-order valence-corrected chi connectivity index (χ4v) is 4.19. The summed E-state index contributed by atoms with van der Waals surface area (Å²) in [6.07, 6.45) is 0. The average molecular weight is 393 g/mol. The highest BCUT2D eigenvalue weighted by Gasteiger charge is 2.18. The SMILES string of the molecule is Cc1cc(N2CCN(C)CC2)nc(SCc2cc3c(cc2Cl)OCO3)n1. The van der Waals surface area contributed by atoms with Gasteiger partial charge >= 0.3 is 0 Å². The van der Waals surface area contributed by atoms with Crippen LogP contribution in [0.1, 0.15) is 11.3 Å². The minimum Gasteiger partial charge on any atom is -0.454 e. The lowest BCUT2D eigenvalue weighted by Crippen LogP contribution is -2.44. The Bertz CT molecular complexity index is 812.